The highest BCUT2D eigenvalue weighted by Crippen LogP contribution is 2.26. The summed E-state index contributed by atoms with van der Waals surface area (Å²) in [6.45, 7) is 5.73. The van der Waals surface area contributed by atoms with Gasteiger partial charge >= 0.3 is 6.03 Å². The van der Waals surface area contributed by atoms with Gasteiger partial charge in [0, 0.05) is 23.8 Å². The predicted molar refractivity (Wildman–Crippen MR) is 125 cm³/mol. The van der Waals surface area contributed by atoms with Crippen molar-refractivity contribution in [3.8, 4) is 5.75 Å². The van der Waals surface area contributed by atoms with E-state index < -0.39 is 5.82 Å². The van der Waals surface area contributed by atoms with Crippen LogP contribution in [0.1, 0.15) is 19.5 Å². The smallest absolute Gasteiger partial charge is 0.342 e. The Labute approximate surface area is 190 Å². The van der Waals surface area contributed by atoms with E-state index in [4.69, 9.17) is 4.74 Å². The molecule has 0 unspecified atom stereocenters. The van der Waals surface area contributed by atoms with Gasteiger partial charge in [-0.15, -0.1) is 0 Å². The second-order valence-corrected chi connectivity index (χ2v) is 7.62. The molecule has 33 heavy (non-hydrogen) atoms. The van der Waals surface area contributed by atoms with Crippen molar-refractivity contribution in [3.63, 3.8) is 0 Å². The Bertz CT molecular complexity index is 1300. The van der Waals surface area contributed by atoms with Crippen molar-refractivity contribution < 1.29 is 13.9 Å². The highest BCUT2D eigenvalue weighted by Gasteiger charge is 2.14. The van der Waals surface area contributed by atoms with Gasteiger partial charge in [0.1, 0.15) is 5.75 Å². The molecular weight excluding hydrogens is 425 g/mol. The van der Waals surface area contributed by atoms with Crippen LogP contribution in [0.5, 0.6) is 5.75 Å². The van der Waals surface area contributed by atoms with Gasteiger partial charge in [-0.25, -0.2) is 14.2 Å². The summed E-state index contributed by atoms with van der Waals surface area (Å²) in [6, 6.07) is 12.3. The number of carbonyl (C=O) groups excluding carboxylic acids is 1. The van der Waals surface area contributed by atoms with Gasteiger partial charge in [-0.3, -0.25) is 0 Å². The predicted octanol–water partition coefficient (Wildman–Crippen LogP) is 4.74. The van der Waals surface area contributed by atoms with Crippen molar-refractivity contribution in [2.45, 2.75) is 26.9 Å². The Hall–Kier alpha value is -4.21. The van der Waals surface area contributed by atoms with E-state index in [0.717, 1.165) is 23.0 Å². The Morgan fingerprint density at radius 1 is 1.09 bits per heavy atom. The molecular formula is C23H24FN7O2. The molecule has 0 atom stereocenters. The van der Waals surface area contributed by atoms with Crippen LogP contribution < -0.4 is 20.7 Å². The zero-order chi connectivity index (χ0) is 23.5. The minimum Gasteiger partial charge on any atom is -0.491 e. The fourth-order valence-electron chi connectivity index (χ4n) is 3.28. The number of benzene rings is 2. The Kier molecular flexibility index (Phi) is 6.07. The third-order valence-corrected chi connectivity index (χ3v) is 4.76. The fourth-order valence-corrected chi connectivity index (χ4v) is 3.28. The molecule has 2 aromatic carbocycles. The molecule has 9 nitrogen and oxygen atoms in total. The van der Waals surface area contributed by atoms with Gasteiger partial charge < -0.3 is 20.7 Å². The topological polar surface area (TPSA) is 106 Å². The van der Waals surface area contributed by atoms with E-state index in [1.807, 2.05) is 51.1 Å². The molecule has 0 fully saturated rings. The first-order valence-corrected chi connectivity index (χ1v) is 10.4. The maximum Gasteiger partial charge on any atom is 0.342 e. The molecule has 0 saturated heterocycles. The zero-order valence-electron chi connectivity index (χ0n) is 18.7. The molecule has 4 rings (SSSR count). The van der Waals surface area contributed by atoms with Crippen LogP contribution in [0.3, 0.4) is 0 Å². The second kappa shape index (κ2) is 9.11. The van der Waals surface area contributed by atoms with Crippen molar-refractivity contribution in [2.24, 2.45) is 0 Å². The highest BCUT2D eigenvalue weighted by atomic mass is 19.1. The number of hydrogen-bond acceptors (Lipinski definition) is 7. The number of carbonyl (C=O) groups is 1. The number of aryl methyl sites for hydroxylation is 1. The number of ether oxygens (including phenoxy) is 1. The number of rotatable bonds is 6. The lowest BCUT2D eigenvalue weighted by Crippen LogP contribution is -2.25. The average molecular weight is 449 g/mol. The summed E-state index contributed by atoms with van der Waals surface area (Å²) in [5.41, 5.74) is 2.58. The molecule has 0 aliphatic carbocycles. The number of anilines is 4. The first-order valence-electron chi connectivity index (χ1n) is 10.4. The average Bonchev–Trinajstić information content (AvgIpc) is 3.12. The SMILES string of the molecule is CNC(=O)n1nc(C)c2ccc(Nc3nc(Nc4ccc(OC(C)C)cc4)ncc3F)cc21. The quantitative estimate of drug-likeness (QED) is 0.390. The lowest BCUT2D eigenvalue weighted by Gasteiger charge is -2.12. The molecule has 0 saturated carbocycles. The van der Waals surface area contributed by atoms with Crippen molar-refractivity contribution in [2.75, 3.05) is 17.7 Å². The summed E-state index contributed by atoms with van der Waals surface area (Å²) in [4.78, 5) is 20.4. The fraction of sp³-hybridized carbons (Fsp3) is 0.217. The van der Waals surface area contributed by atoms with E-state index in [1.165, 1.54) is 11.7 Å². The van der Waals surface area contributed by atoms with Gasteiger partial charge in [0.2, 0.25) is 5.95 Å². The van der Waals surface area contributed by atoms with E-state index in [0.29, 0.717) is 16.9 Å². The summed E-state index contributed by atoms with van der Waals surface area (Å²) < 4.78 is 21.3. The monoisotopic (exact) mass is 449 g/mol. The molecule has 170 valence electrons. The number of fused-ring (bicyclic) bond motifs is 1. The molecule has 2 aromatic heterocycles. The normalized spacial score (nSPS) is 11.0. The van der Waals surface area contributed by atoms with Gasteiger partial charge in [0.25, 0.3) is 0 Å². The van der Waals surface area contributed by atoms with Crippen LogP contribution in [0.15, 0.2) is 48.7 Å². The van der Waals surface area contributed by atoms with Crippen LogP contribution in [-0.2, 0) is 0 Å². The third kappa shape index (κ3) is 4.84. The number of aromatic nitrogens is 4. The lowest BCUT2D eigenvalue weighted by atomic mass is 10.2. The number of amides is 1. The summed E-state index contributed by atoms with van der Waals surface area (Å²) >= 11 is 0. The number of nitrogens with one attached hydrogen (secondary N) is 3. The molecule has 0 spiro atoms. The Balaban J connectivity index is 1.57. The van der Waals surface area contributed by atoms with Crippen molar-refractivity contribution in [3.05, 3.63) is 60.2 Å². The number of hydrogen-bond donors (Lipinski definition) is 3. The van der Waals surface area contributed by atoms with Crippen LogP contribution in [0.4, 0.5) is 32.3 Å². The van der Waals surface area contributed by atoms with Crippen LogP contribution in [-0.4, -0.2) is 38.9 Å². The number of halogens is 1. The standard InChI is InChI=1S/C23H24FN7O2/c1-13(2)33-17-8-5-15(6-9-17)28-22-26-12-19(24)21(29-22)27-16-7-10-18-14(3)30-31(20(18)11-16)23(32)25-4/h5-13H,1-4H3,(H,25,32)(H2,26,27,28,29). The third-order valence-electron chi connectivity index (χ3n) is 4.76. The summed E-state index contributed by atoms with van der Waals surface area (Å²) in [5, 5.41) is 13.6. The van der Waals surface area contributed by atoms with Gasteiger partial charge in [0.15, 0.2) is 11.6 Å². The molecule has 0 aliphatic heterocycles. The number of nitrogens with zero attached hydrogens (tertiary/aromatic N) is 4. The minimum absolute atomic E-state index is 0.00524. The molecule has 1 amide bonds. The molecule has 3 N–H and O–H groups in total. The highest BCUT2D eigenvalue weighted by molar-refractivity contribution is 5.93. The summed E-state index contributed by atoms with van der Waals surface area (Å²) in [7, 11) is 1.53. The molecule has 2 heterocycles. The molecule has 0 bridgehead atoms. The van der Waals surface area contributed by atoms with Gasteiger partial charge in [-0.1, -0.05) is 0 Å². The van der Waals surface area contributed by atoms with E-state index in [9.17, 15) is 9.18 Å². The molecule has 0 aliphatic rings. The summed E-state index contributed by atoms with van der Waals surface area (Å²) in [6.07, 6.45) is 1.17. The Morgan fingerprint density at radius 2 is 1.82 bits per heavy atom. The maximum atomic E-state index is 14.4. The van der Waals surface area contributed by atoms with Gasteiger partial charge in [-0.2, -0.15) is 14.8 Å². The maximum absolute atomic E-state index is 14.4. The molecule has 4 aromatic rings. The van der Waals surface area contributed by atoms with Crippen LogP contribution in [0.25, 0.3) is 10.9 Å². The van der Waals surface area contributed by atoms with Crippen molar-refractivity contribution in [1.82, 2.24) is 25.1 Å². The van der Waals surface area contributed by atoms with Crippen molar-refractivity contribution >= 4 is 40.1 Å². The van der Waals surface area contributed by atoms with E-state index in [2.05, 4.69) is 31.0 Å². The minimum atomic E-state index is -0.614. The van der Waals surface area contributed by atoms with Crippen LogP contribution >= 0.6 is 0 Å². The van der Waals surface area contributed by atoms with Gasteiger partial charge in [0.05, 0.1) is 23.5 Å². The molecule has 10 heteroatoms. The Morgan fingerprint density at radius 3 is 2.52 bits per heavy atom. The molecule has 0 radical (unpaired) electrons. The summed E-state index contributed by atoms with van der Waals surface area (Å²) in [5.74, 6) is 0.356. The van der Waals surface area contributed by atoms with E-state index >= 15 is 0 Å². The lowest BCUT2D eigenvalue weighted by molar-refractivity contribution is 0.242. The first-order chi connectivity index (χ1) is 15.8. The van der Waals surface area contributed by atoms with E-state index in [1.54, 1.807) is 12.1 Å². The second-order valence-electron chi connectivity index (χ2n) is 7.62. The van der Waals surface area contributed by atoms with E-state index in [-0.39, 0.29) is 23.9 Å². The largest absolute Gasteiger partial charge is 0.491 e. The van der Waals surface area contributed by atoms with Crippen LogP contribution in [0.2, 0.25) is 0 Å². The van der Waals surface area contributed by atoms with Crippen molar-refractivity contribution in [1.29, 1.82) is 0 Å². The van der Waals surface area contributed by atoms with Gasteiger partial charge in [-0.05, 0) is 63.2 Å². The first kappa shape index (κ1) is 22.0. The zero-order valence-corrected chi connectivity index (χ0v) is 18.7. The van der Waals surface area contributed by atoms with Crippen LogP contribution in [0, 0.1) is 12.7 Å².